The average Bonchev–Trinajstić information content (AvgIpc) is 2.63. The van der Waals surface area contributed by atoms with Crippen molar-refractivity contribution in [3.63, 3.8) is 0 Å². The van der Waals surface area contributed by atoms with Gasteiger partial charge in [0.05, 0.1) is 0 Å². The van der Waals surface area contributed by atoms with Gasteiger partial charge < -0.3 is 15.0 Å². The standard InChI is InChI=1S/C13H20F2N2O3/c1-11(2,3)20-10(19)17-7-5-13(14,15)12(8-17)4-6-16-9(12)18/h4-8H2,1-3H3,(H,16,18)/t12-/m1/s1. The monoisotopic (exact) mass is 290 g/mol. The summed E-state index contributed by atoms with van der Waals surface area (Å²) in [5, 5.41) is 2.45. The van der Waals surface area contributed by atoms with Crippen molar-refractivity contribution >= 4 is 12.0 Å². The van der Waals surface area contributed by atoms with E-state index in [-0.39, 0.29) is 26.1 Å². The van der Waals surface area contributed by atoms with E-state index in [1.54, 1.807) is 20.8 Å². The molecule has 0 radical (unpaired) electrons. The first-order chi connectivity index (χ1) is 9.07. The summed E-state index contributed by atoms with van der Waals surface area (Å²) >= 11 is 0. The molecule has 2 saturated heterocycles. The molecule has 1 atom stereocenters. The quantitative estimate of drug-likeness (QED) is 0.739. The van der Waals surface area contributed by atoms with Crippen molar-refractivity contribution in [2.24, 2.45) is 5.41 Å². The predicted octanol–water partition coefficient (Wildman–Crippen LogP) is 1.77. The number of hydrogen-bond donors (Lipinski definition) is 1. The Balaban J connectivity index is 2.17. The van der Waals surface area contributed by atoms with Crippen LogP contribution in [-0.4, -0.2) is 48.1 Å². The lowest BCUT2D eigenvalue weighted by Crippen LogP contribution is -2.60. The molecule has 2 fully saturated rings. The van der Waals surface area contributed by atoms with Gasteiger partial charge in [-0.1, -0.05) is 0 Å². The Hall–Kier alpha value is -1.40. The summed E-state index contributed by atoms with van der Waals surface area (Å²) in [5.74, 6) is -3.76. The minimum absolute atomic E-state index is 0.0398. The summed E-state index contributed by atoms with van der Waals surface area (Å²) in [5.41, 5.74) is -2.50. The first-order valence-electron chi connectivity index (χ1n) is 6.71. The second-order valence-corrected chi connectivity index (χ2v) is 6.44. The van der Waals surface area contributed by atoms with Gasteiger partial charge in [-0.25, -0.2) is 13.6 Å². The number of rotatable bonds is 0. The molecule has 0 aliphatic carbocycles. The van der Waals surface area contributed by atoms with Crippen LogP contribution in [0.15, 0.2) is 0 Å². The molecule has 2 aliphatic heterocycles. The predicted molar refractivity (Wildman–Crippen MR) is 67.4 cm³/mol. The van der Waals surface area contributed by atoms with Gasteiger partial charge in [0, 0.05) is 26.1 Å². The SMILES string of the molecule is CC(C)(C)OC(=O)N1CCC(F)(F)[C@]2(CCNC2=O)C1. The molecule has 1 N–H and O–H groups in total. The number of nitrogens with one attached hydrogen (secondary N) is 1. The first-order valence-corrected chi connectivity index (χ1v) is 6.71. The molecule has 0 aromatic heterocycles. The second kappa shape index (κ2) is 4.56. The van der Waals surface area contributed by atoms with Crippen LogP contribution in [0.25, 0.3) is 0 Å². The number of alkyl halides is 2. The highest BCUT2D eigenvalue weighted by Crippen LogP contribution is 2.48. The Kier molecular flexibility index (Phi) is 3.42. The van der Waals surface area contributed by atoms with Crippen LogP contribution >= 0.6 is 0 Å². The lowest BCUT2D eigenvalue weighted by molar-refractivity contribution is -0.174. The van der Waals surface area contributed by atoms with Crippen LogP contribution in [0.2, 0.25) is 0 Å². The third kappa shape index (κ3) is 2.45. The Labute approximate surface area is 116 Å². The number of likely N-dealkylation sites (tertiary alicyclic amines) is 1. The van der Waals surface area contributed by atoms with Crippen molar-refractivity contribution in [2.45, 2.75) is 45.1 Å². The zero-order valence-electron chi connectivity index (χ0n) is 12.0. The molecule has 0 unspecified atom stereocenters. The topological polar surface area (TPSA) is 58.6 Å². The van der Waals surface area contributed by atoms with Crippen LogP contribution in [0.5, 0.6) is 0 Å². The van der Waals surface area contributed by atoms with E-state index in [4.69, 9.17) is 4.74 Å². The van der Waals surface area contributed by atoms with E-state index >= 15 is 0 Å². The van der Waals surface area contributed by atoms with Gasteiger partial charge in [0.15, 0.2) is 0 Å². The molecule has 1 spiro atoms. The van der Waals surface area contributed by atoms with Gasteiger partial charge in [-0.2, -0.15) is 0 Å². The van der Waals surface area contributed by atoms with Gasteiger partial charge in [-0.05, 0) is 27.2 Å². The number of hydrogen-bond acceptors (Lipinski definition) is 3. The third-order valence-electron chi connectivity index (χ3n) is 3.78. The number of halogens is 2. The summed E-state index contributed by atoms with van der Waals surface area (Å²) in [7, 11) is 0. The summed E-state index contributed by atoms with van der Waals surface area (Å²) in [6.07, 6.45) is -1.12. The molecule has 0 saturated carbocycles. The number of ether oxygens (including phenoxy) is 1. The molecular weight excluding hydrogens is 270 g/mol. The maximum Gasteiger partial charge on any atom is 0.410 e. The molecule has 0 bridgehead atoms. The van der Waals surface area contributed by atoms with Crippen molar-refractivity contribution in [1.82, 2.24) is 10.2 Å². The fourth-order valence-corrected chi connectivity index (χ4v) is 2.69. The minimum Gasteiger partial charge on any atom is -0.444 e. The first kappa shape index (κ1) is 15.0. The number of piperidine rings is 1. The maximum atomic E-state index is 14.2. The van der Waals surface area contributed by atoms with Crippen LogP contribution in [0.3, 0.4) is 0 Å². The van der Waals surface area contributed by atoms with Gasteiger partial charge in [-0.15, -0.1) is 0 Å². The molecule has 2 heterocycles. The Morgan fingerprint density at radius 2 is 2.00 bits per heavy atom. The molecule has 0 aromatic carbocycles. The van der Waals surface area contributed by atoms with Crippen LogP contribution in [-0.2, 0) is 9.53 Å². The Bertz CT molecular complexity index is 434. The van der Waals surface area contributed by atoms with E-state index in [0.29, 0.717) is 0 Å². The third-order valence-corrected chi connectivity index (χ3v) is 3.78. The maximum absolute atomic E-state index is 14.2. The molecule has 114 valence electrons. The van der Waals surface area contributed by atoms with Gasteiger partial charge in [0.2, 0.25) is 5.91 Å². The fraction of sp³-hybridized carbons (Fsp3) is 0.846. The molecule has 2 amide bonds. The van der Waals surface area contributed by atoms with Crippen molar-refractivity contribution < 1.29 is 23.1 Å². The Morgan fingerprint density at radius 3 is 2.50 bits per heavy atom. The zero-order valence-corrected chi connectivity index (χ0v) is 12.0. The number of amides is 2. The molecule has 20 heavy (non-hydrogen) atoms. The van der Waals surface area contributed by atoms with Gasteiger partial charge in [0.1, 0.15) is 11.0 Å². The zero-order chi connectivity index (χ0) is 15.2. The number of carbonyl (C=O) groups is 2. The summed E-state index contributed by atoms with van der Waals surface area (Å²) in [4.78, 5) is 25.1. The fourth-order valence-electron chi connectivity index (χ4n) is 2.69. The smallest absolute Gasteiger partial charge is 0.410 e. The van der Waals surface area contributed by atoms with E-state index in [9.17, 15) is 18.4 Å². The largest absolute Gasteiger partial charge is 0.444 e. The van der Waals surface area contributed by atoms with E-state index < -0.39 is 35.4 Å². The Morgan fingerprint density at radius 1 is 1.35 bits per heavy atom. The van der Waals surface area contributed by atoms with Crippen molar-refractivity contribution in [3.8, 4) is 0 Å². The normalized spacial score (nSPS) is 29.4. The van der Waals surface area contributed by atoms with Gasteiger partial charge in [0.25, 0.3) is 5.92 Å². The lowest BCUT2D eigenvalue weighted by Gasteiger charge is -2.43. The van der Waals surface area contributed by atoms with Crippen molar-refractivity contribution in [2.75, 3.05) is 19.6 Å². The van der Waals surface area contributed by atoms with Gasteiger partial charge in [-0.3, -0.25) is 4.79 Å². The lowest BCUT2D eigenvalue weighted by atomic mass is 9.75. The summed E-state index contributed by atoms with van der Waals surface area (Å²) < 4.78 is 33.5. The highest BCUT2D eigenvalue weighted by Gasteiger charge is 2.63. The van der Waals surface area contributed by atoms with Crippen LogP contribution in [0.4, 0.5) is 13.6 Å². The summed E-state index contributed by atoms with van der Waals surface area (Å²) in [6.45, 7) is 4.96. The van der Waals surface area contributed by atoms with Crippen molar-refractivity contribution in [3.05, 3.63) is 0 Å². The van der Waals surface area contributed by atoms with E-state index in [2.05, 4.69) is 5.32 Å². The number of carbonyl (C=O) groups excluding carboxylic acids is 2. The van der Waals surface area contributed by atoms with E-state index in [1.807, 2.05) is 0 Å². The molecule has 5 nitrogen and oxygen atoms in total. The second-order valence-electron chi connectivity index (χ2n) is 6.44. The molecule has 0 aromatic rings. The van der Waals surface area contributed by atoms with Crippen molar-refractivity contribution in [1.29, 1.82) is 0 Å². The summed E-state index contributed by atoms with van der Waals surface area (Å²) in [6, 6.07) is 0. The number of nitrogens with zero attached hydrogens (tertiary/aromatic N) is 1. The molecule has 7 heteroatoms. The van der Waals surface area contributed by atoms with E-state index in [0.717, 1.165) is 0 Å². The van der Waals surface area contributed by atoms with Crippen LogP contribution in [0.1, 0.15) is 33.6 Å². The van der Waals surface area contributed by atoms with Crippen LogP contribution in [0, 0.1) is 5.41 Å². The average molecular weight is 290 g/mol. The highest BCUT2D eigenvalue weighted by atomic mass is 19.3. The molecule has 2 rings (SSSR count). The molecular formula is C13H20F2N2O3. The van der Waals surface area contributed by atoms with Crippen LogP contribution < -0.4 is 5.32 Å². The van der Waals surface area contributed by atoms with E-state index in [1.165, 1.54) is 4.90 Å². The molecule has 2 aliphatic rings. The van der Waals surface area contributed by atoms with Gasteiger partial charge >= 0.3 is 6.09 Å². The highest BCUT2D eigenvalue weighted by molar-refractivity contribution is 5.87. The minimum atomic E-state index is -3.09.